The first-order valence-electron chi connectivity index (χ1n) is 7.04. The number of anilines is 1. The van der Waals surface area contributed by atoms with E-state index in [1.165, 1.54) is 16.4 Å². The summed E-state index contributed by atoms with van der Waals surface area (Å²) in [6.45, 7) is 0.187. The molecule has 2 N–H and O–H groups in total. The van der Waals surface area contributed by atoms with Crippen molar-refractivity contribution in [2.75, 3.05) is 5.73 Å². The Morgan fingerprint density at radius 3 is 1.76 bits per heavy atom. The van der Waals surface area contributed by atoms with Gasteiger partial charge in [0.05, 0.1) is 0 Å². The molecule has 3 heteroatoms. The molecule has 0 aliphatic carbocycles. The number of rotatable bonds is 1. The van der Waals surface area contributed by atoms with Gasteiger partial charge >= 0.3 is 0 Å². The van der Waals surface area contributed by atoms with E-state index >= 15 is 0 Å². The summed E-state index contributed by atoms with van der Waals surface area (Å²) in [5.41, 5.74) is 10.2. The first-order valence-corrected chi connectivity index (χ1v) is 7.04. The maximum Gasteiger partial charge on any atom is 0.250 e. The number of nitrogens with two attached hydrogens (primary N) is 1. The molecule has 1 aliphatic heterocycles. The summed E-state index contributed by atoms with van der Waals surface area (Å²) in [6.07, 6.45) is 0. The molecule has 0 saturated heterocycles. The van der Waals surface area contributed by atoms with Crippen molar-refractivity contribution >= 4 is 28.8 Å². The van der Waals surface area contributed by atoms with Crippen molar-refractivity contribution in [2.45, 2.75) is 0 Å². The van der Waals surface area contributed by atoms with Crippen molar-refractivity contribution in [1.29, 1.82) is 0 Å². The number of nitrogen functional groups attached to an aromatic ring is 1. The van der Waals surface area contributed by atoms with Crippen LogP contribution in [0.15, 0.2) is 72.8 Å². The van der Waals surface area contributed by atoms with Crippen LogP contribution in [0.4, 0.5) is 5.69 Å². The molecule has 0 amide bonds. The van der Waals surface area contributed by atoms with E-state index < -0.39 is 0 Å². The van der Waals surface area contributed by atoms with E-state index in [-0.39, 0.29) is 6.71 Å². The first-order chi connectivity index (χ1) is 10.3. The largest absolute Gasteiger partial charge is 0.458 e. The van der Waals surface area contributed by atoms with Crippen molar-refractivity contribution in [2.24, 2.45) is 0 Å². The lowest BCUT2D eigenvalue weighted by Crippen LogP contribution is -2.54. The van der Waals surface area contributed by atoms with E-state index in [2.05, 4.69) is 36.4 Å². The lowest BCUT2D eigenvalue weighted by Gasteiger charge is -2.26. The van der Waals surface area contributed by atoms with E-state index in [0.29, 0.717) is 0 Å². The van der Waals surface area contributed by atoms with Crippen LogP contribution in [0.1, 0.15) is 0 Å². The molecule has 0 fully saturated rings. The third-order valence-corrected chi connectivity index (χ3v) is 3.95. The van der Waals surface area contributed by atoms with Crippen molar-refractivity contribution < 1.29 is 4.74 Å². The number of ether oxygens (including phenoxy) is 1. The zero-order chi connectivity index (χ0) is 14.2. The van der Waals surface area contributed by atoms with E-state index in [4.69, 9.17) is 10.5 Å². The van der Waals surface area contributed by atoms with Crippen LogP contribution in [-0.2, 0) is 0 Å². The van der Waals surface area contributed by atoms with Gasteiger partial charge in [0.25, 0.3) is 6.71 Å². The third-order valence-electron chi connectivity index (χ3n) is 3.95. The highest BCUT2D eigenvalue weighted by atomic mass is 16.5. The molecule has 3 aromatic carbocycles. The average molecular weight is 271 g/mol. The number of hydrogen-bond donors (Lipinski definition) is 1. The fourth-order valence-electron chi connectivity index (χ4n) is 2.96. The summed E-state index contributed by atoms with van der Waals surface area (Å²) in [5.74, 6) is 1.86. The van der Waals surface area contributed by atoms with Crippen LogP contribution < -0.4 is 26.9 Å². The normalized spacial score (nSPS) is 12.3. The molecule has 0 atom stereocenters. The van der Waals surface area contributed by atoms with Gasteiger partial charge in [0.2, 0.25) is 0 Å². The minimum atomic E-state index is 0.187. The monoisotopic (exact) mass is 271 g/mol. The maximum atomic E-state index is 6.03. The quantitative estimate of drug-likeness (QED) is 0.424. The van der Waals surface area contributed by atoms with Gasteiger partial charge in [-0.25, -0.2) is 0 Å². The zero-order valence-corrected chi connectivity index (χ0v) is 11.5. The van der Waals surface area contributed by atoms with E-state index in [1.54, 1.807) is 0 Å². The highest BCUT2D eigenvalue weighted by molar-refractivity contribution is 6.96. The Balaban J connectivity index is 1.95. The molecule has 21 heavy (non-hydrogen) atoms. The Morgan fingerprint density at radius 1 is 0.667 bits per heavy atom. The molecule has 0 bridgehead atoms. The Morgan fingerprint density at radius 2 is 1.19 bits per heavy atom. The van der Waals surface area contributed by atoms with E-state index in [1.807, 2.05) is 36.4 Å². The number of benzene rings is 3. The summed E-state index contributed by atoms with van der Waals surface area (Å²) >= 11 is 0. The highest BCUT2D eigenvalue weighted by Gasteiger charge is 2.31. The molecule has 2 nitrogen and oxygen atoms in total. The van der Waals surface area contributed by atoms with Crippen molar-refractivity contribution in [1.82, 2.24) is 0 Å². The van der Waals surface area contributed by atoms with Gasteiger partial charge in [0, 0.05) is 5.69 Å². The minimum absolute atomic E-state index is 0.187. The van der Waals surface area contributed by atoms with Crippen LogP contribution in [-0.4, -0.2) is 6.71 Å². The van der Waals surface area contributed by atoms with Gasteiger partial charge in [0.15, 0.2) is 0 Å². The molecule has 1 aliphatic rings. The molecule has 100 valence electrons. The molecule has 1 heterocycles. The molecule has 0 saturated carbocycles. The molecule has 3 aromatic rings. The minimum Gasteiger partial charge on any atom is -0.458 e. The SMILES string of the molecule is Nc1ccc(B2c3ccccc3Oc3ccccc32)cc1. The van der Waals surface area contributed by atoms with Gasteiger partial charge in [-0.1, -0.05) is 54.0 Å². The lowest BCUT2D eigenvalue weighted by atomic mass is 9.36. The Labute approximate surface area is 124 Å². The smallest absolute Gasteiger partial charge is 0.250 e. The van der Waals surface area contributed by atoms with Gasteiger partial charge in [-0.3, -0.25) is 0 Å². The van der Waals surface area contributed by atoms with Crippen LogP contribution in [0.2, 0.25) is 0 Å². The van der Waals surface area contributed by atoms with Crippen LogP contribution in [0.25, 0.3) is 0 Å². The molecule has 0 radical (unpaired) electrons. The summed E-state index contributed by atoms with van der Waals surface area (Å²) in [7, 11) is 0. The molecule has 0 unspecified atom stereocenters. The number of hydrogen-bond acceptors (Lipinski definition) is 2. The zero-order valence-electron chi connectivity index (χ0n) is 11.5. The van der Waals surface area contributed by atoms with E-state index in [9.17, 15) is 0 Å². The van der Waals surface area contributed by atoms with Crippen LogP contribution in [0.5, 0.6) is 11.5 Å². The van der Waals surface area contributed by atoms with Crippen molar-refractivity contribution in [3.63, 3.8) is 0 Å². The predicted molar refractivity (Wildman–Crippen MR) is 88.5 cm³/mol. The highest BCUT2D eigenvalue weighted by Crippen LogP contribution is 2.23. The van der Waals surface area contributed by atoms with E-state index in [0.717, 1.165) is 17.2 Å². The fraction of sp³-hybridized carbons (Fsp3) is 0. The fourth-order valence-corrected chi connectivity index (χ4v) is 2.96. The Bertz CT molecular complexity index is 753. The second-order valence-corrected chi connectivity index (χ2v) is 5.28. The topological polar surface area (TPSA) is 35.2 Å². The Kier molecular flexibility index (Phi) is 2.71. The van der Waals surface area contributed by atoms with Gasteiger partial charge in [-0.2, -0.15) is 0 Å². The molecule has 0 aromatic heterocycles. The van der Waals surface area contributed by atoms with Gasteiger partial charge in [-0.15, -0.1) is 0 Å². The second-order valence-electron chi connectivity index (χ2n) is 5.28. The standard InChI is InChI=1S/C18H14BNO/c20-14-11-9-13(10-12-14)19-15-5-1-3-7-17(15)21-18-8-4-2-6-16(18)19/h1-12H,20H2. The van der Waals surface area contributed by atoms with Crippen molar-refractivity contribution in [3.05, 3.63) is 72.8 Å². The Hall–Kier alpha value is -2.68. The first kappa shape index (κ1) is 12.1. The number of fused-ring (bicyclic) bond motifs is 2. The summed E-state index contributed by atoms with van der Waals surface area (Å²) < 4.78 is 6.03. The van der Waals surface area contributed by atoms with Crippen LogP contribution in [0.3, 0.4) is 0 Å². The molecule has 0 spiro atoms. The van der Waals surface area contributed by atoms with Gasteiger partial charge in [-0.05, 0) is 35.2 Å². The number of para-hydroxylation sites is 2. The summed E-state index contributed by atoms with van der Waals surface area (Å²) in [5, 5.41) is 0. The van der Waals surface area contributed by atoms with Gasteiger partial charge in [0.1, 0.15) is 11.5 Å². The van der Waals surface area contributed by atoms with Crippen LogP contribution in [0, 0.1) is 0 Å². The van der Waals surface area contributed by atoms with Gasteiger partial charge < -0.3 is 10.5 Å². The third kappa shape index (κ3) is 1.98. The lowest BCUT2D eigenvalue weighted by molar-refractivity contribution is 0.487. The molecular formula is C18H14BNO. The second kappa shape index (κ2) is 4.71. The molecule has 4 rings (SSSR count). The molecular weight excluding hydrogens is 257 g/mol. The predicted octanol–water partition coefficient (Wildman–Crippen LogP) is 1.89. The van der Waals surface area contributed by atoms with Crippen molar-refractivity contribution in [3.8, 4) is 11.5 Å². The summed E-state index contributed by atoms with van der Waals surface area (Å²) in [4.78, 5) is 0. The maximum absolute atomic E-state index is 6.03. The average Bonchev–Trinajstić information content (AvgIpc) is 2.53. The summed E-state index contributed by atoms with van der Waals surface area (Å²) in [6, 6.07) is 24.5. The van der Waals surface area contributed by atoms with Crippen LogP contribution >= 0.6 is 0 Å².